The topological polar surface area (TPSA) is 70.0 Å². The van der Waals surface area contributed by atoms with E-state index in [-0.39, 0.29) is 18.2 Å². The number of carbonyl (C=O) groups is 1. The zero-order valence-electron chi connectivity index (χ0n) is 13.2. The molecule has 0 aliphatic heterocycles. The van der Waals surface area contributed by atoms with Crippen molar-refractivity contribution in [2.75, 3.05) is 0 Å². The second-order valence-corrected chi connectivity index (χ2v) is 6.21. The van der Waals surface area contributed by atoms with Gasteiger partial charge in [-0.15, -0.1) is 16.4 Å². The van der Waals surface area contributed by atoms with Gasteiger partial charge in [0, 0.05) is 23.5 Å². The molecule has 0 aromatic carbocycles. The number of thiophene rings is 1. The molecule has 0 fully saturated rings. The van der Waals surface area contributed by atoms with E-state index in [4.69, 9.17) is 4.42 Å². The van der Waals surface area contributed by atoms with E-state index in [1.54, 1.807) is 0 Å². The molecule has 0 aliphatic rings. The molecule has 7 heteroatoms. The molecule has 3 aromatic heterocycles. The van der Waals surface area contributed by atoms with Crippen LogP contribution in [0.4, 0.5) is 0 Å². The summed E-state index contributed by atoms with van der Waals surface area (Å²) in [6.45, 7) is 6.58. The number of hydrogen-bond donors (Lipinski definition) is 0. The maximum Gasteiger partial charge on any atom is 0.437 e. The first kappa shape index (κ1) is 15.5. The lowest BCUT2D eigenvalue weighted by Gasteiger charge is -2.05. The summed E-state index contributed by atoms with van der Waals surface area (Å²) in [6, 6.07) is 5.52. The van der Waals surface area contributed by atoms with Crippen LogP contribution < -0.4 is 5.76 Å². The minimum absolute atomic E-state index is 0.123. The van der Waals surface area contributed by atoms with E-state index in [9.17, 15) is 9.59 Å². The Kier molecular flexibility index (Phi) is 4.04. The van der Waals surface area contributed by atoms with Crippen molar-refractivity contribution in [2.45, 2.75) is 33.9 Å². The zero-order valence-corrected chi connectivity index (χ0v) is 14.0. The normalized spacial score (nSPS) is 11.1. The Bertz CT molecular complexity index is 900. The monoisotopic (exact) mass is 331 g/mol. The van der Waals surface area contributed by atoms with Crippen LogP contribution in [-0.2, 0) is 13.1 Å². The Balaban J connectivity index is 1.88. The summed E-state index contributed by atoms with van der Waals surface area (Å²) in [5, 5.41) is 5.99. The lowest BCUT2D eigenvalue weighted by Crippen LogP contribution is -2.22. The SMILES string of the molecule is CCn1c(C)cc(C(=O)Cn2nc(-c3cccs3)oc2=O)c1C. The zero-order chi connectivity index (χ0) is 16.6. The fourth-order valence-corrected chi connectivity index (χ4v) is 3.34. The van der Waals surface area contributed by atoms with Crippen LogP contribution in [0.15, 0.2) is 32.8 Å². The van der Waals surface area contributed by atoms with Crippen LogP contribution in [0.3, 0.4) is 0 Å². The molecule has 6 nitrogen and oxygen atoms in total. The number of nitrogens with zero attached hydrogens (tertiary/aromatic N) is 3. The highest BCUT2D eigenvalue weighted by atomic mass is 32.1. The van der Waals surface area contributed by atoms with E-state index in [0.717, 1.165) is 27.5 Å². The molecule has 0 saturated heterocycles. The predicted molar refractivity (Wildman–Crippen MR) is 88.0 cm³/mol. The summed E-state index contributed by atoms with van der Waals surface area (Å²) in [6.07, 6.45) is 0. The Hall–Kier alpha value is -2.41. The van der Waals surface area contributed by atoms with Gasteiger partial charge < -0.3 is 8.98 Å². The molecular weight excluding hydrogens is 314 g/mol. The molecule has 120 valence electrons. The third-order valence-corrected chi connectivity index (χ3v) is 4.68. The lowest BCUT2D eigenvalue weighted by atomic mass is 10.1. The maximum atomic E-state index is 12.5. The van der Waals surface area contributed by atoms with Crippen molar-refractivity contribution in [2.24, 2.45) is 0 Å². The molecule has 0 aliphatic carbocycles. The molecule has 0 atom stereocenters. The molecule has 3 rings (SSSR count). The van der Waals surface area contributed by atoms with Gasteiger partial charge in [-0.1, -0.05) is 6.07 Å². The van der Waals surface area contributed by atoms with Crippen molar-refractivity contribution in [1.29, 1.82) is 0 Å². The Morgan fingerprint density at radius 1 is 1.39 bits per heavy atom. The molecule has 0 radical (unpaired) electrons. The van der Waals surface area contributed by atoms with Crippen molar-refractivity contribution in [3.8, 4) is 10.8 Å². The number of carbonyl (C=O) groups excluding carboxylic acids is 1. The van der Waals surface area contributed by atoms with Crippen LogP contribution in [0, 0.1) is 13.8 Å². The number of rotatable bonds is 5. The van der Waals surface area contributed by atoms with Gasteiger partial charge in [-0.25, -0.2) is 4.79 Å². The summed E-state index contributed by atoms with van der Waals surface area (Å²) < 4.78 is 8.27. The molecule has 0 spiro atoms. The fourth-order valence-electron chi connectivity index (χ4n) is 2.70. The highest BCUT2D eigenvalue weighted by Crippen LogP contribution is 2.21. The third kappa shape index (κ3) is 2.79. The highest BCUT2D eigenvalue weighted by molar-refractivity contribution is 7.13. The van der Waals surface area contributed by atoms with Crippen LogP contribution in [0.5, 0.6) is 0 Å². The number of ketones is 1. The standard InChI is InChI=1S/C16H17N3O3S/c1-4-18-10(2)8-12(11(18)3)13(20)9-19-16(21)22-15(17-19)14-6-5-7-23-14/h5-8H,4,9H2,1-3H3. The molecule has 23 heavy (non-hydrogen) atoms. The summed E-state index contributed by atoms with van der Waals surface area (Å²) >= 11 is 1.43. The largest absolute Gasteiger partial charge is 0.437 e. The van der Waals surface area contributed by atoms with Crippen LogP contribution >= 0.6 is 11.3 Å². The smallest absolute Gasteiger partial charge is 0.387 e. The lowest BCUT2D eigenvalue weighted by molar-refractivity contribution is 0.0964. The summed E-state index contributed by atoms with van der Waals surface area (Å²) in [5.74, 6) is -0.520. The van der Waals surface area contributed by atoms with Crippen LogP contribution in [-0.4, -0.2) is 20.1 Å². The van der Waals surface area contributed by atoms with E-state index in [2.05, 4.69) is 9.67 Å². The van der Waals surface area contributed by atoms with Gasteiger partial charge in [0.2, 0.25) is 0 Å². The predicted octanol–water partition coefficient (Wildman–Crippen LogP) is 2.89. The Labute approximate surface area is 137 Å². The van der Waals surface area contributed by atoms with Gasteiger partial charge in [-0.05, 0) is 38.3 Å². The summed E-state index contributed by atoms with van der Waals surface area (Å²) in [7, 11) is 0. The van der Waals surface area contributed by atoms with E-state index in [1.165, 1.54) is 11.3 Å². The summed E-state index contributed by atoms with van der Waals surface area (Å²) in [5.41, 5.74) is 2.56. The van der Waals surface area contributed by atoms with Crippen molar-refractivity contribution < 1.29 is 9.21 Å². The third-order valence-electron chi connectivity index (χ3n) is 3.82. The first-order valence-corrected chi connectivity index (χ1v) is 8.21. The van der Waals surface area contributed by atoms with Crippen LogP contribution in [0.1, 0.15) is 28.7 Å². The van der Waals surface area contributed by atoms with Gasteiger partial charge in [0.05, 0.1) is 4.88 Å². The van der Waals surface area contributed by atoms with Crippen molar-refractivity contribution >= 4 is 17.1 Å². The van der Waals surface area contributed by atoms with Gasteiger partial charge in [-0.3, -0.25) is 4.79 Å². The Morgan fingerprint density at radius 2 is 2.17 bits per heavy atom. The molecule has 0 unspecified atom stereocenters. The van der Waals surface area contributed by atoms with Crippen molar-refractivity contribution in [3.63, 3.8) is 0 Å². The van der Waals surface area contributed by atoms with E-state index in [0.29, 0.717) is 5.56 Å². The minimum Gasteiger partial charge on any atom is -0.387 e. The molecular formula is C16H17N3O3S. The second kappa shape index (κ2) is 6.00. The number of Topliss-reactive ketones (excluding diaryl/α,β-unsaturated/α-hetero) is 1. The van der Waals surface area contributed by atoms with Gasteiger partial charge in [0.25, 0.3) is 5.89 Å². The molecule has 0 amide bonds. The molecule has 3 heterocycles. The maximum absolute atomic E-state index is 12.5. The first-order chi connectivity index (χ1) is 11.0. The van der Waals surface area contributed by atoms with Crippen molar-refractivity contribution in [3.05, 3.63) is 51.1 Å². The second-order valence-electron chi connectivity index (χ2n) is 5.26. The quantitative estimate of drug-likeness (QED) is 0.674. The molecule has 3 aromatic rings. The average Bonchev–Trinajstić information content (AvgIpc) is 3.20. The molecule has 0 bridgehead atoms. The van der Waals surface area contributed by atoms with Gasteiger partial charge in [-0.2, -0.15) is 4.68 Å². The molecule has 0 saturated carbocycles. The van der Waals surface area contributed by atoms with Gasteiger partial charge in [0.15, 0.2) is 5.78 Å². The molecule has 0 N–H and O–H groups in total. The number of aromatic nitrogens is 3. The van der Waals surface area contributed by atoms with E-state index < -0.39 is 5.76 Å². The van der Waals surface area contributed by atoms with Crippen LogP contribution in [0.2, 0.25) is 0 Å². The van der Waals surface area contributed by atoms with E-state index >= 15 is 0 Å². The fraction of sp³-hybridized carbons (Fsp3) is 0.312. The highest BCUT2D eigenvalue weighted by Gasteiger charge is 2.18. The first-order valence-electron chi connectivity index (χ1n) is 7.33. The minimum atomic E-state index is -0.619. The van der Waals surface area contributed by atoms with Gasteiger partial charge >= 0.3 is 5.76 Å². The summed E-state index contributed by atoms with van der Waals surface area (Å²) in [4.78, 5) is 25.2. The van der Waals surface area contributed by atoms with E-state index in [1.807, 2.05) is 44.4 Å². The van der Waals surface area contributed by atoms with Crippen LogP contribution in [0.25, 0.3) is 10.8 Å². The number of hydrogen-bond acceptors (Lipinski definition) is 5. The van der Waals surface area contributed by atoms with Crippen molar-refractivity contribution in [1.82, 2.24) is 14.3 Å². The Morgan fingerprint density at radius 3 is 2.78 bits per heavy atom. The van der Waals surface area contributed by atoms with Gasteiger partial charge in [0.1, 0.15) is 6.54 Å². The average molecular weight is 331 g/mol. The number of aryl methyl sites for hydroxylation is 1.